The molecule has 0 saturated heterocycles. The Morgan fingerprint density at radius 2 is 1.92 bits per heavy atom. The zero-order valence-corrected chi connectivity index (χ0v) is 14.5. The lowest BCUT2D eigenvalue weighted by molar-refractivity contribution is 0.300. The zero-order chi connectivity index (χ0) is 17.8. The van der Waals surface area contributed by atoms with Gasteiger partial charge in [-0.1, -0.05) is 24.3 Å². The summed E-state index contributed by atoms with van der Waals surface area (Å²) in [7, 11) is 5.69. The van der Waals surface area contributed by atoms with Crippen LogP contribution in [0.2, 0.25) is 0 Å². The van der Waals surface area contributed by atoms with E-state index in [-0.39, 0.29) is 11.9 Å². The summed E-state index contributed by atoms with van der Waals surface area (Å²) < 4.78 is 19.4. The summed E-state index contributed by atoms with van der Waals surface area (Å²) in [5.41, 5.74) is 1.39. The van der Waals surface area contributed by atoms with Crippen LogP contribution in [-0.2, 0) is 0 Å². The predicted octanol–water partition coefficient (Wildman–Crippen LogP) is 3.49. The molecule has 0 aliphatic rings. The van der Waals surface area contributed by atoms with Crippen molar-refractivity contribution < 1.29 is 9.13 Å². The molecule has 0 radical (unpaired) electrons. The van der Waals surface area contributed by atoms with E-state index in [1.54, 1.807) is 13.2 Å². The highest BCUT2D eigenvalue weighted by molar-refractivity contribution is 5.89. The predicted molar refractivity (Wildman–Crippen MR) is 97.4 cm³/mol. The average molecular weight is 340 g/mol. The van der Waals surface area contributed by atoms with Gasteiger partial charge >= 0.3 is 0 Å². The lowest BCUT2D eigenvalue weighted by atomic mass is 10.0. The molecule has 0 amide bonds. The number of ether oxygens (including phenoxy) is 1. The smallest absolute Gasteiger partial charge is 0.149 e. The normalized spacial score (nSPS) is 12.4. The van der Waals surface area contributed by atoms with E-state index in [0.717, 1.165) is 11.3 Å². The summed E-state index contributed by atoms with van der Waals surface area (Å²) in [4.78, 5) is 10.4. The second-order valence-corrected chi connectivity index (χ2v) is 5.96. The summed E-state index contributed by atoms with van der Waals surface area (Å²) in [5, 5.41) is 4.00. The molecule has 0 aliphatic carbocycles. The summed E-state index contributed by atoms with van der Waals surface area (Å²) in [5.74, 6) is 1.10. The number of benzene rings is 2. The van der Waals surface area contributed by atoms with Crippen LogP contribution < -0.4 is 10.1 Å². The number of hydrogen-bond acceptors (Lipinski definition) is 5. The van der Waals surface area contributed by atoms with Crippen molar-refractivity contribution in [3.8, 4) is 5.75 Å². The van der Waals surface area contributed by atoms with Crippen molar-refractivity contribution in [1.29, 1.82) is 0 Å². The van der Waals surface area contributed by atoms with Gasteiger partial charge in [0.05, 0.1) is 13.2 Å². The van der Waals surface area contributed by atoms with Crippen LogP contribution in [0.25, 0.3) is 10.9 Å². The fourth-order valence-electron chi connectivity index (χ4n) is 2.90. The van der Waals surface area contributed by atoms with Gasteiger partial charge in [-0.2, -0.15) is 0 Å². The minimum absolute atomic E-state index is 0.0646. The van der Waals surface area contributed by atoms with E-state index in [4.69, 9.17) is 4.74 Å². The largest absolute Gasteiger partial charge is 0.496 e. The van der Waals surface area contributed by atoms with Gasteiger partial charge in [0.2, 0.25) is 0 Å². The molecule has 0 saturated carbocycles. The number of methoxy groups -OCH3 is 1. The second-order valence-electron chi connectivity index (χ2n) is 5.96. The molecule has 6 heteroatoms. The van der Waals surface area contributed by atoms with Crippen LogP contribution in [0.15, 0.2) is 48.8 Å². The van der Waals surface area contributed by atoms with Crippen LogP contribution in [0.1, 0.15) is 11.6 Å². The third-order valence-corrected chi connectivity index (χ3v) is 4.20. The van der Waals surface area contributed by atoms with E-state index in [0.29, 0.717) is 23.3 Å². The average Bonchev–Trinajstić information content (AvgIpc) is 2.62. The minimum Gasteiger partial charge on any atom is -0.496 e. The Morgan fingerprint density at radius 1 is 1.12 bits per heavy atom. The maximum Gasteiger partial charge on any atom is 0.149 e. The quantitative estimate of drug-likeness (QED) is 0.744. The maximum atomic E-state index is 13.9. The third-order valence-electron chi connectivity index (χ3n) is 4.20. The molecule has 3 rings (SSSR count). The monoisotopic (exact) mass is 340 g/mol. The van der Waals surface area contributed by atoms with Gasteiger partial charge in [0.1, 0.15) is 29.2 Å². The Hall–Kier alpha value is -2.73. The Labute approximate surface area is 146 Å². The van der Waals surface area contributed by atoms with Crippen LogP contribution >= 0.6 is 0 Å². The Morgan fingerprint density at radius 3 is 2.68 bits per heavy atom. The third kappa shape index (κ3) is 3.53. The first kappa shape index (κ1) is 17.1. The van der Waals surface area contributed by atoms with Crippen molar-refractivity contribution in [3.05, 3.63) is 60.2 Å². The lowest BCUT2D eigenvalue weighted by Gasteiger charge is -2.27. The molecule has 3 aromatic rings. The van der Waals surface area contributed by atoms with Crippen molar-refractivity contribution in [2.45, 2.75) is 6.04 Å². The van der Waals surface area contributed by atoms with E-state index in [9.17, 15) is 4.39 Å². The standard InChI is InChI=1S/C19H21FN4O/c1-24(2)16(13-7-4-5-10-17(13)25-3)11-21-19-14-8-6-9-15(20)18(14)22-12-23-19/h4-10,12,16H,11H2,1-3H3,(H,21,22,23). The molecule has 1 unspecified atom stereocenters. The molecule has 0 spiro atoms. The summed E-state index contributed by atoms with van der Waals surface area (Å²) >= 11 is 0. The SMILES string of the molecule is COc1ccccc1C(CNc1ncnc2c(F)cccc12)N(C)C. The van der Waals surface area contributed by atoms with Crippen molar-refractivity contribution in [2.75, 3.05) is 33.1 Å². The summed E-state index contributed by atoms with van der Waals surface area (Å²) in [6, 6.07) is 12.9. The number of para-hydroxylation sites is 2. The van der Waals surface area contributed by atoms with Crippen molar-refractivity contribution >= 4 is 16.7 Å². The molecule has 0 aliphatic heterocycles. The van der Waals surface area contributed by atoms with Gasteiger partial charge in [0.25, 0.3) is 0 Å². The van der Waals surface area contributed by atoms with Crippen molar-refractivity contribution in [2.24, 2.45) is 0 Å². The zero-order valence-electron chi connectivity index (χ0n) is 14.5. The molecule has 2 aromatic carbocycles. The molecule has 0 bridgehead atoms. The molecular formula is C19H21FN4O. The highest BCUT2D eigenvalue weighted by Gasteiger charge is 2.18. The van der Waals surface area contributed by atoms with Crippen LogP contribution in [-0.4, -0.2) is 42.6 Å². The fraction of sp³-hybridized carbons (Fsp3) is 0.263. The number of nitrogens with zero attached hydrogens (tertiary/aromatic N) is 3. The minimum atomic E-state index is -0.350. The molecule has 25 heavy (non-hydrogen) atoms. The van der Waals surface area contributed by atoms with E-state index < -0.39 is 0 Å². The highest BCUT2D eigenvalue weighted by Crippen LogP contribution is 2.29. The first-order valence-electron chi connectivity index (χ1n) is 8.04. The van der Waals surface area contributed by atoms with Gasteiger partial charge in [-0.05, 0) is 32.3 Å². The van der Waals surface area contributed by atoms with Crippen LogP contribution in [0.5, 0.6) is 5.75 Å². The van der Waals surface area contributed by atoms with Gasteiger partial charge in [-0.15, -0.1) is 0 Å². The van der Waals surface area contributed by atoms with E-state index in [1.807, 2.05) is 44.4 Å². The number of rotatable bonds is 6. The van der Waals surface area contributed by atoms with Crippen LogP contribution in [0.4, 0.5) is 10.2 Å². The molecular weight excluding hydrogens is 319 g/mol. The number of aromatic nitrogens is 2. The number of likely N-dealkylation sites (N-methyl/N-ethyl adjacent to an activating group) is 1. The topological polar surface area (TPSA) is 50.3 Å². The lowest BCUT2D eigenvalue weighted by Crippen LogP contribution is -2.27. The second kappa shape index (κ2) is 7.44. The number of fused-ring (bicyclic) bond motifs is 1. The van der Waals surface area contributed by atoms with Gasteiger partial charge in [-0.25, -0.2) is 14.4 Å². The molecule has 0 fully saturated rings. The Balaban J connectivity index is 1.89. The first-order valence-corrected chi connectivity index (χ1v) is 8.04. The Kier molecular flexibility index (Phi) is 5.09. The number of nitrogens with one attached hydrogen (secondary N) is 1. The van der Waals surface area contributed by atoms with Gasteiger partial charge in [-0.3, -0.25) is 0 Å². The van der Waals surface area contributed by atoms with E-state index in [2.05, 4.69) is 20.2 Å². The summed E-state index contributed by atoms with van der Waals surface area (Å²) in [6.07, 6.45) is 1.38. The van der Waals surface area contributed by atoms with Crippen LogP contribution in [0, 0.1) is 5.82 Å². The molecule has 1 atom stereocenters. The van der Waals surface area contributed by atoms with Gasteiger partial charge in [0.15, 0.2) is 0 Å². The fourth-order valence-corrected chi connectivity index (χ4v) is 2.90. The molecule has 1 N–H and O–H groups in total. The van der Waals surface area contributed by atoms with Gasteiger partial charge < -0.3 is 15.0 Å². The summed E-state index contributed by atoms with van der Waals surface area (Å²) in [6.45, 7) is 0.593. The number of anilines is 1. The maximum absolute atomic E-state index is 13.9. The van der Waals surface area contributed by atoms with Crippen molar-refractivity contribution in [1.82, 2.24) is 14.9 Å². The molecule has 1 heterocycles. The van der Waals surface area contributed by atoms with Crippen molar-refractivity contribution in [3.63, 3.8) is 0 Å². The highest BCUT2D eigenvalue weighted by atomic mass is 19.1. The molecule has 5 nitrogen and oxygen atoms in total. The number of halogens is 1. The molecule has 1 aromatic heterocycles. The first-order chi connectivity index (χ1) is 12.1. The van der Waals surface area contributed by atoms with E-state index >= 15 is 0 Å². The molecule has 130 valence electrons. The van der Waals surface area contributed by atoms with Crippen LogP contribution in [0.3, 0.4) is 0 Å². The van der Waals surface area contributed by atoms with E-state index in [1.165, 1.54) is 12.4 Å². The van der Waals surface area contributed by atoms with Gasteiger partial charge in [0, 0.05) is 17.5 Å². The number of hydrogen-bond donors (Lipinski definition) is 1. The Bertz CT molecular complexity index is 869.